The van der Waals surface area contributed by atoms with Crippen molar-refractivity contribution in [2.45, 2.75) is 12.8 Å². The predicted octanol–water partition coefficient (Wildman–Crippen LogP) is 9.82. The average Bonchev–Trinajstić information content (AvgIpc) is 3.53. The minimum atomic E-state index is 1.04. The highest BCUT2D eigenvalue weighted by atomic mass is 15.0. The van der Waals surface area contributed by atoms with Crippen LogP contribution in [-0.4, -0.2) is 9.55 Å². The van der Waals surface area contributed by atoms with Crippen LogP contribution < -0.4 is 0 Å². The predicted molar refractivity (Wildman–Crippen MR) is 162 cm³/mol. The maximum atomic E-state index is 3.76. The van der Waals surface area contributed by atoms with E-state index in [1.165, 1.54) is 71.6 Å². The topological polar surface area (TPSA) is 20.7 Å². The summed E-state index contributed by atoms with van der Waals surface area (Å²) in [5, 5.41) is 5.10. The molecule has 0 fully saturated rings. The monoisotopic (exact) mass is 486 g/mol. The van der Waals surface area contributed by atoms with E-state index in [0.717, 1.165) is 12.8 Å². The van der Waals surface area contributed by atoms with Gasteiger partial charge in [-0.2, -0.15) is 0 Å². The first-order valence-electron chi connectivity index (χ1n) is 13.4. The molecule has 0 spiro atoms. The number of aromatic amines is 1. The molecule has 0 radical (unpaired) electrons. The third kappa shape index (κ3) is 3.07. The summed E-state index contributed by atoms with van der Waals surface area (Å²) >= 11 is 0. The van der Waals surface area contributed by atoms with Crippen LogP contribution in [0.1, 0.15) is 18.4 Å². The fourth-order valence-corrected chi connectivity index (χ4v) is 6.37. The second kappa shape index (κ2) is 8.36. The first-order valence-corrected chi connectivity index (χ1v) is 13.4. The van der Waals surface area contributed by atoms with Crippen LogP contribution in [0.2, 0.25) is 0 Å². The number of aromatic nitrogens is 2. The van der Waals surface area contributed by atoms with E-state index in [9.17, 15) is 0 Å². The number of fused-ring (bicyclic) bond motifs is 7. The van der Waals surface area contributed by atoms with Crippen molar-refractivity contribution in [1.82, 2.24) is 9.55 Å². The molecule has 0 bridgehead atoms. The van der Waals surface area contributed by atoms with E-state index < -0.39 is 0 Å². The number of benzene rings is 5. The summed E-state index contributed by atoms with van der Waals surface area (Å²) in [5.41, 5.74) is 11.3. The molecule has 0 atom stereocenters. The van der Waals surface area contributed by atoms with Gasteiger partial charge in [-0.25, -0.2) is 0 Å². The standard InChI is InChI=1S/C36H26N2/c1-3-12-24(13-4-1)26-18-11-21-32(34(26)25-14-5-2-6-15-25)38-31-20-10-8-17-29(31)35-33(38)23-22-28-27-16-7-9-19-30(27)37-36(28)35/h1-5,7-14,16-23,37H,6,15H2. The summed E-state index contributed by atoms with van der Waals surface area (Å²) in [7, 11) is 0. The third-order valence-corrected chi connectivity index (χ3v) is 8.02. The van der Waals surface area contributed by atoms with E-state index >= 15 is 0 Å². The van der Waals surface area contributed by atoms with Gasteiger partial charge in [0.2, 0.25) is 0 Å². The lowest BCUT2D eigenvalue weighted by molar-refractivity contribution is 1.05. The number of nitrogens with zero attached hydrogens (tertiary/aromatic N) is 1. The van der Waals surface area contributed by atoms with Gasteiger partial charge in [-0.1, -0.05) is 103 Å². The van der Waals surface area contributed by atoms with Crippen LogP contribution in [0.3, 0.4) is 0 Å². The fourth-order valence-electron chi connectivity index (χ4n) is 6.37. The first kappa shape index (κ1) is 21.3. The maximum absolute atomic E-state index is 3.76. The molecule has 1 aliphatic carbocycles. The van der Waals surface area contributed by atoms with Crippen molar-refractivity contribution in [2.24, 2.45) is 0 Å². The summed E-state index contributed by atoms with van der Waals surface area (Å²) in [6, 6.07) is 39.6. The Balaban J connectivity index is 1.53. The second-order valence-corrected chi connectivity index (χ2v) is 10.1. The van der Waals surface area contributed by atoms with Crippen molar-refractivity contribution in [1.29, 1.82) is 0 Å². The lowest BCUT2D eigenvalue weighted by Gasteiger charge is -2.21. The zero-order valence-electron chi connectivity index (χ0n) is 21.0. The molecule has 180 valence electrons. The van der Waals surface area contributed by atoms with Gasteiger partial charge in [0.1, 0.15) is 0 Å². The van der Waals surface area contributed by atoms with Gasteiger partial charge in [-0.15, -0.1) is 0 Å². The molecule has 0 saturated heterocycles. The molecule has 7 aromatic rings. The molecule has 0 amide bonds. The highest BCUT2D eigenvalue weighted by Gasteiger charge is 2.21. The SMILES string of the molecule is C1=CCCC(c2c(-c3ccccc3)cccc2-n2c3ccccc3c3c4[nH]c5ccccc5c4ccc32)=C1. The molecular weight excluding hydrogens is 460 g/mol. The highest BCUT2D eigenvalue weighted by Crippen LogP contribution is 2.43. The smallest absolute Gasteiger partial charge is 0.0566 e. The number of H-pyrrole nitrogens is 1. The van der Waals surface area contributed by atoms with Crippen LogP contribution in [0.5, 0.6) is 0 Å². The molecule has 5 aromatic carbocycles. The molecule has 2 aromatic heterocycles. The molecule has 1 N–H and O–H groups in total. The number of nitrogens with one attached hydrogen (secondary N) is 1. The summed E-state index contributed by atoms with van der Waals surface area (Å²) < 4.78 is 2.48. The lowest BCUT2D eigenvalue weighted by Crippen LogP contribution is -2.03. The highest BCUT2D eigenvalue weighted by molar-refractivity contribution is 6.25. The van der Waals surface area contributed by atoms with Gasteiger partial charge in [0.15, 0.2) is 0 Å². The van der Waals surface area contributed by atoms with Crippen LogP contribution in [0, 0.1) is 0 Å². The Morgan fingerprint density at radius 2 is 1.45 bits per heavy atom. The Labute approximate surface area is 221 Å². The van der Waals surface area contributed by atoms with E-state index in [1.54, 1.807) is 0 Å². The summed E-state index contributed by atoms with van der Waals surface area (Å²) in [6.45, 7) is 0. The van der Waals surface area contributed by atoms with Crippen LogP contribution in [0.15, 0.2) is 127 Å². The van der Waals surface area contributed by atoms with Gasteiger partial charge < -0.3 is 9.55 Å². The normalized spacial score (nSPS) is 13.6. The fraction of sp³-hybridized carbons (Fsp3) is 0.0556. The molecule has 0 saturated carbocycles. The summed E-state index contributed by atoms with van der Waals surface area (Å²) in [4.78, 5) is 3.76. The van der Waals surface area contributed by atoms with E-state index in [-0.39, 0.29) is 0 Å². The number of para-hydroxylation sites is 2. The van der Waals surface area contributed by atoms with Gasteiger partial charge in [0, 0.05) is 32.6 Å². The van der Waals surface area contributed by atoms with Crippen molar-refractivity contribution in [3.63, 3.8) is 0 Å². The Kier molecular flexibility index (Phi) is 4.68. The van der Waals surface area contributed by atoms with E-state index in [0.29, 0.717) is 0 Å². The Bertz CT molecular complexity index is 2070. The third-order valence-electron chi connectivity index (χ3n) is 8.02. The zero-order valence-corrected chi connectivity index (χ0v) is 21.0. The average molecular weight is 487 g/mol. The Morgan fingerprint density at radius 1 is 0.632 bits per heavy atom. The molecule has 0 aliphatic heterocycles. The number of rotatable bonds is 3. The Hall–Kier alpha value is -4.82. The minimum absolute atomic E-state index is 1.04. The van der Waals surface area contributed by atoms with Gasteiger partial charge in [0.05, 0.1) is 22.2 Å². The second-order valence-electron chi connectivity index (χ2n) is 10.1. The largest absolute Gasteiger partial charge is 0.354 e. The molecular formula is C36H26N2. The number of hydrogen-bond acceptors (Lipinski definition) is 0. The Morgan fingerprint density at radius 3 is 2.32 bits per heavy atom. The maximum Gasteiger partial charge on any atom is 0.0566 e. The van der Waals surface area contributed by atoms with Gasteiger partial charge in [0.25, 0.3) is 0 Å². The van der Waals surface area contributed by atoms with Crippen molar-refractivity contribution in [2.75, 3.05) is 0 Å². The first-order chi connectivity index (χ1) is 18.9. The quantitative estimate of drug-likeness (QED) is 0.257. The molecule has 0 unspecified atom stereocenters. The van der Waals surface area contributed by atoms with Crippen LogP contribution >= 0.6 is 0 Å². The van der Waals surface area contributed by atoms with E-state index in [2.05, 4.69) is 137 Å². The minimum Gasteiger partial charge on any atom is -0.354 e. The van der Waals surface area contributed by atoms with E-state index in [4.69, 9.17) is 0 Å². The van der Waals surface area contributed by atoms with Crippen LogP contribution in [-0.2, 0) is 0 Å². The molecule has 2 heteroatoms. The van der Waals surface area contributed by atoms with Gasteiger partial charge >= 0.3 is 0 Å². The van der Waals surface area contributed by atoms with Crippen molar-refractivity contribution in [3.8, 4) is 16.8 Å². The van der Waals surface area contributed by atoms with Crippen LogP contribution in [0.25, 0.3) is 66.0 Å². The molecule has 1 aliphatic rings. The van der Waals surface area contributed by atoms with Crippen LogP contribution in [0.4, 0.5) is 0 Å². The summed E-state index contributed by atoms with van der Waals surface area (Å²) in [5.74, 6) is 0. The number of allylic oxidation sites excluding steroid dienone is 4. The molecule has 38 heavy (non-hydrogen) atoms. The summed E-state index contributed by atoms with van der Waals surface area (Å²) in [6.07, 6.45) is 8.89. The van der Waals surface area contributed by atoms with E-state index in [1.807, 2.05) is 0 Å². The van der Waals surface area contributed by atoms with Gasteiger partial charge in [-0.3, -0.25) is 0 Å². The van der Waals surface area contributed by atoms with Crippen molar-refractivity contribution in [3.05, 3.63) is 133 Å². The zero-order chi connectivity index (χ0) is 25.1. The molecule has 8 rings (SSSR count). The van der Waals surface area contributed by atoms with Crippen molar-refractivity contribution < 1.29 is 0 Å². The van der Waals surface area contributed by atoms with Gasteiger partial charge in [-0.05, 0) is 53.8 Å². The molecule has 2 nitrogen and oxygen atoms in total. The lowest BCUT2D eigenvalue weighted by atomic mass is 9.89. The number of hydrogen-bond donors (Lipinski definition) is 1. The van der Waals surface area contributed by atoms with Crippen molar-refractivity contribution >= 4 is 49.2 Å². The molecule has 2 heterocycles.